The lowest BCUT2D eigenvalue weighted by Gasteiger charge is -2.06. The summed E-state index contributed by atoms with van der Waals surface area (Å²) >= 11 is 0. The van der Waals surface area contributed by atoms with Gasteiger partial charge in [-0.15, -0.1) is 5.10 Å². The standard InChI is InChI=1S/C15H18N6/c1-10-17-11(2)21(19-10)15-13(9-16-12-6-7-12)20-8-4-3-5-14(20)18-15/h3-5,8,12,16H,6-7,9H2,1-2H3. The molecule has 0 atom stereocenters. The Balaban J connectivity index is 1.85. The third-order valence-electron chi connectivity index (χ3n) is 3.82. The Morgan fingerprint density at radius 3 is 2.81 bits per heavy atom. The smallest absolute Gasteiger partial charge is 0.179 e. The first-order valence-electron chi connectivity index (χ1n) is 7.32. The molecule has 3 aromatic rings. The third kappa shape index (κ3) is 2.21. The SMILES string of the molecule is Cc1nc(C)n(-c2nc3ccccn3c2CNC2CC2)n1. The molecule has 21 heavy (non-hydrogen) atoms. The van der Waals surface area contributed by atoms with Crippen LogP contribution in [-0.4, -0.2) is 30.2 Å². The van der Waals surface area contributed by atoms with E-state index >= 15 is 0 Å². The number of rotatable bonds is 4. The van der Waals surface area contributed by atoms with Gasteiger partial charge in [-0.2, -0.15) is 4.68 Å². The van der Waals surface area contributed by atoms with Gasteiger partial charge >= 0.3 is 0 Å². The van der Waals surface area contributed by atoms with Crippen LogP contribution in [0.4, 0.5) is 0 Å². The normalized spacial score (nSPS) is 15.0. The molecule has 3 heterocycles. The van der Waals surface area contributed by atoms with E-state index in [-0.39, 0.29) is 0 Å². The lowest BCUT2D eigenvalue weighted by molar-refractivity contribution is 0.660. The van der Waals surface area contributed by atoms with E-state index in [1.165, 1.54) is 12.8 Å². The summed E-state index contributed by atoms with van der Waals surface area (Å²) in [5.41, 5.74) is 2.07. The van der Waals surface area contributed by atoms with Crippen LogP contribution in [0.2, 0.25) is 0 Å². The number of nitrogens with zero attached hydrogens (tertiary/aromatic N) is 5. The minimum atomic E-state index is 0.658. The molecule has 0 spiro atoms. The molecule has 1 aliphatic carbocycles. The van der Waals surface area contributed by atoms with Crippen molar-refractivity contribution in [3.63, 3.8) is 0 Å². The summed E-state index contributed by atoms with van der Waals surface area (Å²) in [6.45, 7) is 4.66. The van der Waals surface area contributed by atoms with E-state index in [2.05, 4.69) is 26.0 Å². The van der Waals surface area contributed by atoms with Crippen molar-refractivity contribution in [1.29, 1.82) is 0 Å². The van der Waals surface area contributed by atoms with Crippen molar-refractivity contribution < 1.29 is 0 Å². The monoisotopic (exact) mass is 282 g/mol. The number of imidazole rings is 1. The molecular weight excluding hydrogens is 264 g/mol. The number of nitrogens with one attached hydrogen (secondary N) is 1. The molecule has 6 nitrogen and oxygen atoms in total. The van der Waals surface area contributed by atoms with Gasteiger partial charge in [-0.25, -0.2) is 9.97 Å². The van der Waals surface area contributed by atoms with Crippen LogP contribution in [0.1, 0.15) is 30.2 Å². The van der Waals surface area contributed by atoms with Gasteiger partial charge in [0.1, 0.15) is 17.3 Å². The molecule has 3 aromatic heterocycles. The zero-order valence-corrected chi connectivity index (χ0v) is 12.2. The van der Waals surface area contributed by atoms with Crippen molar-refractivity contribution >= 4 is 5.65 Å². The first-order chi connectivity index (χ1) is 10.2. The quantitative estimate of drug-likeness (QED) is 0.792. The van der Waals surface area contributed by atoms with Gasteiger partial charge < -0.3 is 9.72 Å². The number of pyridine rings is 1. The lowest BCUT2D eigenvalue weighted by Crippen LogP contribution is -2.18. The summed E-state index contributed by atoms with van der Waals surface area (Å²) < 4.78 is 3.97. The molecule has 0 radical (unpaired) electrons. The summed E-state index contributed by atoms with van der Waals surface area (Å²) in [7, 11) is 0. The summed E-state index contributed by atoms with van der Waals surface area (Å²) in [5.74, 6) is 2.50. The van der Waals surface area contributed by atoms with Crippen LogP contribution in [0.25, 0.3) is 11.5 Å². The summed E-state index contributed by atoms with van der Waals surface area (Å²) in [4.78, 5) is 9.13. The van der Waals surface area contributed by atoms with E-state index in [4.69, 9.17) is 4.98 Å². The maximum Gasteiger partial charge on any atom is 0.179 e. The highest BCUT2D eigenvalue weighted by atomic mass is 15.4. The predicted octanol–water partition coefficient (Wildman–Crippen LogP) is 1.78. The molecule has 1 saturated carbocycles. The van der Waals surface area contributed by atoms with E-state index in [1.54, 1.807) is 0 Å². The van der Waals surface area contributed by atoms with E-state index in [1.807, 2.05) is 36.7 Å². The minimum Gasteiger partial charge on any atom is -0.308 e. The molecule has 0 aliphatic heterocycles. The van der Waals surface area contributed by atoms with Crippen LogP contribution >= 0.6 is 0 Å². The fourth-order valence-electron chi connectivity index (χ4n) is 2.62. The lowest BCUT2D eigenvalue weighted by atomic mass is 10.4. The molecule has 1 N–H and O–H groups in total. The maximum absolute atomic E-state index is 4.74. The van der Waals surface area contributed by atoms with Crippen LogP contribution in [0, 0.1) is 13.8 Å². The van der Waals surface area contributed by atoms with Crippen LogP contribution in [0.5, 0.6) is 0 Å². The molecule has 0 aromatic carbocycles. The third-order valence-corrected chi connectivity index (χ3v) is 3.82. The number of aryl methyl sites for hydroxylation is 2. The molecular formula is C15H18N6. The Kier molecular flexibility index (Phi) is 2.78. The molecule has 0 unspecified atom stereocenters. The van der Waals surface area contributed by atoms with Gasteiger partial charge in [-0.3, -0.25) is 0 Å². The zero-order valence-electron chi connectivity index (χ0n) is 12.2. The maximum atomic E-state index is 4.74. The minimum absolute atomic E-state index is 0.658. The Morgan fingerprint density at radius 1 is 1.24 bits per heavy atom. The summed E-state index contributed by atoms with van der Waals surface area (Å²) in [6, 6.07) is 6.71. The topological polar surface area (TPSA) is 60.0 Å². The molecule has 108 valence electrons. The Morgan fingerprint density at radius 2 is 2.10 bits per heavy atom. The van der Waals surface area contributed by atoms with Gasteiger partial charge in [0.15, 0.2) is 5.82 Å². The van der Waals surface area contributed by atoms with Gasteiger partial charge in [-0.05, 0) is 38.8 Å². The van der Waals surface area contributed by atoms with E-state index in [0.29, 0.717) is 6.04 Å². The average Bonchev–Trinajstić information content (AvgIpc) is 3.14. The van der Waals surface area contributed by atoms with Crippen LogP contribution in [0.15, 0.2) is 24.4 Å². The fourth-order valence-corrected chi connectivity index (χ4v) is 2.62. The van der Waals surface area contributed by atoms with Crippen molar-refractivity contribution in [2.75, 3.05) is 0 Å². The molecule has 4 rings (SSSR count). The number of hydrogen-bond acceptors (Lipinski definition) is 4. The highest BCUT2D eigenvalue weighted by molar-refractivity contribution is 5.48. The van der Waals surface area contributed by atoms with Crippen molar-refractivity contribution in [3.05, 3.63) is 41.7 Å². The zero-order chi connectivity index (χ0) is 14.4. The first kappa shape index (κ1) is 12.5. The largest absolute Gasteiger partial charge is 0.308 e. The average molecular weight is 282 g/mol. The summed E-state index contributed by atoms with van der Waals surface area (Å²) in [6.07, 6.45) is 4.59. The number of aromatic nitrogens is 5. The van der Waals surface area contributed by atoms with E-state index < -0.39 is 0 Å². The van der Waals surface area contributed by atoms with Gasteiger partial charge in [0.25, 0.3) is 0 Å². The second kappa shape index (κ2) is 4.66. The van der Waals surface area contributed by atoms with Crippen molar-refractivity contribution in [1.82, 2.24) is 29.5 Å². The van der Waals surface area contributed by atoms with Crippen molar-refractivity contribution in [2.45, 2.75) is 39.3 Å². The van der Waals surface area contributed by atoms with Gasteiger partial charge in [-0.1, -0.05) is 6.07 Å². The Hall–Kier alpha value is -2.21. The Labute approximate surface area is 122 Å². The second-order valence-electron chi connectivity index (χ2n) is 5.58. The molecule has 0 amide bonds. The second-order valence-corrected chi connectivity index (χ2v) is 5.58. The van der Waals surface area contributed by atoms with E-state index in [9.17, 15) is 0 Å². The molecule has 6 heteroatoms. The number of fused-ring (bicyclic) bond motifs is 1. The highest BCUT2D eigenvalue weighted by Gasteiger charge is 2.23. The summed E-state index contributed by atoms with van der Waals surface area (Å²) in [5, 5.41) is 8.05. The van der Waals surface area contributed by atoms with Crippen LogP contribution in [0.3, 0.4) is 0 Å². The molecule has 0 saturated heterocycles. The molecule has 0 bridgehead atoms. The van der Waals surface area contributed by atoms with Crippen molar-refractivity contribution in [2.24, 2.45) is 0 Å². The number of hydrogen-bond donors (Lipinski definition) is 1. The van der Waals surface area contributed by atoms with Gasteiger partial charge in [0.05, 0.1) is 5.69 Å². The van der Waals surface area contributed by atoms with Crippen LogP contribution in [-0.2, 0) is 6.54 Å². The fraction of sp³-hybridized carbons (Fsp3) is 0.400. The molecule has 1 aliphatic rings. The predicted molar refractivity (Wildman–Crippen MR) is 79.4 cm³/mol. The van der Waals surface area contributed by atoms with Gasteiger partial charge in [0, 0.05) is 18.8 Å². The Bertz CT molecular complexity index is 796. The highest BCUT2D eigenvalue weighted by Crippen LogP contribution is 2.22. The van der Waals surface area contributed by atoms with E-state index in [0.717, 1.165) is 35.4 Å². The van der Waals surface area contributed by atoms with Crippen LogP contribution < -0.4 is 5.32 Å². The molecule has 1 fully saturated rings. The van der Waals surface area contributed by atoms with Gasteiger partial charge in [0.2, 0.25) is 0 Å². The van der Waals surface area contributed by atoms with Crippen molar-refractivity contribution in [3.8, 4) is 5.82 Å². The first-order valence-corrected chi connectivity index (χ1v) is 7.32.